The Labute approximate surface area is 130 Å². The first-order valence-electron chi connectivity index (χ1n) is 6.85. The van der Waals surface area contributed by atoms with Crippen LogP contribution in [0.2, 0.25) is 0 Å². The van der Waals surface area contributed by atoms with Gasteiger partial charge in [0.15, 0.2) is 0 Å². The molecule has 0 aliphatic rings. The van der Waals surface area contributed by atoms with Crippen LogP contribution in [0.5, 0.6) is 0 Å². The first-order valence-corrected chi connectivity index (χ1v) is 8.33. The van der Waals surface area contributed by atoms with Crippen molar-refractivity contribution in [3.05, 3.63) is 65.5 Å². The van der Waals surface area contributed by atoms with E-state index in [1.165, 1.54) is 12.1 Å². The van der Waals surface area contributed by atoms with Crippen molar-refractivity contribution < 1.29 is 12.8 Å². The molecule has 0 amide bonds. The van der Waals surface area contributed by atoms with Crippen molar-refractivity contribution in [3.8, 4) is 0 Å². The van der Waals surface area contributed by atoms with Gasteiger partial charge in [-0.05, 0) is 49.5 Å². The van der Waals surface area contributed by atoms with Crippen molar-refractivity contribution >= 4 is 10.0 Å². The maximum Gasteiger partial charge on any atom is 0.240 e. The summed E-state index contributed by atoms with van der Waals surface area (Å²) in [5.74, 6) is -0.463. The molecular weight excluding hydrogens is 303 g/mol. The van der Waals surface area contributed by atoms with E-state index in [0.29, 0.717) is 0 Å². The minimum absolute atomic E-state index is 0.0546. The zero-order chi connectivity index (χ0) is 16.2. The Hall–Kier alpha value is -1.76. The maximum atomic E-state index is 12.9. The highest BCUT2D eigenvalue weighted by Crippen LogP contribution is 2.13. The molecule has 0 atom stereocenters. The summed E-state index contributed by atoms with van der Waals surface area (Å²) in [6, 6.07) is 12.4. The fraction of sp³-hybridized carbons (Fsp3) is 0.250. The number of hydrogen-bond acceptors (Lipinski definition) is 3. The summed E-state index contributed by atoms with van der Waals surface area (Å²) < 4.78 is 39.8. The molecule has 0 unspecified atom stereocenters. The quantitative estimate of drug-likeness (QED) is 0.888. The SMILES string of the molecule is CN(C)Cc1ccccc1CNS(=O)(=O)c1ccc(F)cc1. The van der Waals surface area contributed by atoms with E-state index in [0.717, 1.165) is 29.8 Å². The molecule has 0 aromatic heterocycles. The minimum Gasteiger partial charge on any atom is -0.305 e. The van der Waals surface area contributed by atoms with Crippen LogP contribution in [0.25, 0.3) is 0 Å². The molecule has 0 radical (unpaired) electrons. The molecule has 2 rings (SSSR count). The van der Waals surface area contributed by atoms with E-state index in [1.807, 2.05) is 43.3 Å². The van der Waals surface area contributed by atoms with Crippen molar-refractivity contribution in [2.75, 3.05) is 14.1 Å². The van der Waals surface area contributed by atoms with E-state index in [-0.39, 0.29) is 11.4 Å². The predicted molar refractivity (Wildman–Crippen MR) is 84.3 cm³/mol. The third kappa shape index (κ3) is 4.37. The van der Waals surface area contributed by atoms with Gasteiger partial charge in [-0.1, -0.05) is 24.3 Å². The first kappa shape index (κ1) is 16.6. The van der Waals surface area contributed by atoms with Gasteiger partial charge in [0.25, 0.3) is 0 Å². The van der Waals surface area contributed by atoms with Crippen molar-refractivity contribution in [2.45, 2.75) is 18.0 Å². The lowest BCUT2D eigenvalue weighted by atomic mass is 10.1. The van der Waals surface area contributed by atoms with Crippen LogP contribution in [-0.2, 0) is 23.1 Å². The Bertz CT molecular complexity index is 728. The second-order valence-corrected chi connectivity index (χ2v) is 7.05. The summed E-state index contributed by atoms with van der Waals surface area (Å²) in [5, 5.41) is 0. The van der Waals surface area contributed by atoms with E-state index in [1.54, 1.807) is 0 Å². The summed E-state index contributed by atoms with van der Waals surface area (Å²) in [6.45, 7) is 0.929. The number of nitrogens with zero attached hydrogens (tertiary/aromatic N) is 1. The fourth-order valence-corrected chi connectivity index (χ4v) is 3.10. The summed E-state index contributed by atoms with van der Waals surface area (Å²) in [4.78, 5) is 2.08. The Morgan fingerprint density at radius 1 is 1.00 bits per heavy atom. The normalized spacial score (nSPS) is 11.8. The van der Waals surface area contributed by atoms with Gasteiger partial charge in [-0.3, -0.25) is 0 Å². The average Bonchev–Trinajstić information content (AvgIpc) is 2.46. The maximum absolute atomic E-state index is 12.9. The molecule has 6 heteroatoms. The Balaban J connectivity index is 2.14. The smallest absolute Gasteiger partial charge is 0.240 e. The second kappa shape index (κ2) is 7.00. The molecule has 22 heavy (non-hydrogen) atoms. The molecule has 1 N–H and O–H groups in total. The molecular formula is C16H19FN2O2S. The number of benzene rings is 2. The van der Waals surface area contributed by atoms with Crippen LogP contribution in [0.4, 0.5) is 4.39 Å². The summed E-state index contributed by atoms with van der Waals surface area (Å²) in [5.41, 5.74) is 1.98. The average molecular weight is 322 g/mol. The van der Waals surface area contributed by atoms with Gasteiger partial charge in [0.05, 0.1) is 4.90 Å². The van der Waals surface area contributed by atoms with Gasteiger partial charge in [-0.15, -0.1) is 0 Å². The standard InChI is InChI=1S/C16H19FN2O2S/c1-19(2)12-14-6-4-3-5-13(14)11-18-22(20,21)16-9-7-15(17)8-10-16/h3-10,18H,11-12H2,1-2H3. The molecule has 0 saturated carbocycles. The van der Waals surface area contributed by atoms with Crippen LogP contribution >= 0.6 is 0 Å². The number of hydrogen-bond donors (Lipinski definition) is 1. The van der Waals surface area contributed by atoms with Crippen LogP contribution in [-0.4, -0.2) is 27.4 Å². The molecule has 0 fully saturated rings. The Morgan fingerprint density at radius 3 is 2.18 bits per heavy atom. The number of halogens is 1. The highest BCUT2D eigenvalue weighted by Gasteiger charge is 2.14. The highest BCUT2D eigenvalue weighted by molar-refractivity contribution is 7.89. The lowest BCUT2D eigenvalue weighted by Gasteiger charge is -2.14. The van der Waals surface area contributed by atoms with Gasteiger partial charge in [0.1, 0.15) is 5.82 Å². The van der Waals surface area contributed by atoms with Crippen molar-refractivity contribution in [1.29, 1.82) is 0 Å². The Morgan fingerprint density at radius 2 is 1.59 bits per heavy atom. The molecule has 0 heterocycles. The van der Waals surface area contributed by atoms with Gasteiger partial charge in [-0.25, -0.2) is 17.5 Å². The fourth-order valence-electron chi connectivity index (χ4n) is 2.09. The zero-order valence-electron chi connectivity index (χ0n) is 12.6. The van der Waals surface area contributed by atoms with E-state index >= 15 is 0 Å². The van der Waals surface area contributed by atoms with Crippen LogP contribution in [0.3, 0.4) is 0 Å². The number of sulfonamides is 1. The van der Waals surface area contributed by atoms with Gasteiger partial charge >= 0.3 is 0 Å². The molecule has 0 aliphatic carbocycles. The largest absolute Gasteiger partial charge is 0.305 e. The summed E-state index contributed by atoms with van der Waals surface area (Å²) >= 11 is 0. The van der Waals surface area contributed by atoms with E-state index in [4.69, 9.17) is 0 Å². The molecule has 2 aromatic carbocycles. The molecule has 0 spiro atoms. The highest BCUT2D eigenvalue weighted by atomic mass is 32.2. The molecule has 118 valence electrons. The van der Waals surface area contributed by atoms with Crippen molar-refractivity contribution in [3.63, 3.8) is 0 Å². The molecule has 0 bridgehead atoms. The second-order valence-electron chi connectivity index (χ2n) is 5.28. The number of nitrogens with one attached hydrogen (secondary N) is 1. The Kier molecular flexibility index (Phi) is 5.28. The molecule has 4 nitrogen and oxygen atoms in total. The van der Waals surface area contributed by atoms with Crippen LogP contribution in [0.15, 0.2) is 53.4 Å². The third-order valence-electron chi connectivity index (χ3n) is 3.18. The van der Waals surface area contributed by atoms with Gasteiger partial charge < -0.3 is 4.90 Å². The van der Waals surface area contributed by atoms with Gasteiger partial charge in [0.2, 0.25) is 10.0 Å². The minimum atomic E-state index is -3.65. The van der Waals surface area contributed by atoms with E-state index in [2.05, 4.69) is 4.72 Å². The third-order valence-corrected chi connectivity index (χ3v) is 4.60. The van der Waals surface area contributed by atoms with E-state index < -0.39 is 15.8 Å². The summed E-state index contributed by atoms with van der Waals surface area (Å²) in [6.07, 6.45) is 0. The lowest BCUT2D eigenvalue weighted by Crippen LogP contribution is -2.24. The van der Waals surface area contributed by atoms with Crippen LogP contribution < -0.4 is 4.72 Å². The van der Waals surface area contributed by atoms with E-state index in [9.17, 15) is 12.8 Å². The molecule has 0 saturated heterocycles. The van der Waals surface area contributed by atoms with Crippen molar-refractivity contribution in [2.24, 2.45) is 0 Å². The van der Waals surface area contributed by atoms with Gasteiger partial charge in [0, 0.05) is 13.1 Å². The molecule has 0 aliphatic heterocycles. The lowest BCUT2D eigenvalue weighted by molar-refractivity contribution is 0.400. The molecule has 2 aromatic rings. The van der Waals surface area contributed by atoms with Crippen LogP contribution in [0.1, 0.15) is 11.1 Å². The van der Waals surface area contributed by atoms with Crippen molar-refractivity contribution in [1.82, 2.24) is 9.62 Å². The zero-order valence-corrected chi connectivity index (χ0v) is 13.4. The monoisotopic (exact) mass is 322 g/mol. The van der Waals surface area contributed by atoms with Crippen LogP contribution in [0, 0.1) is 5.82 Å². The predicted octanol–water partition coefficient (Wildman–Crippen LogP) is 2.37. The topological polar surface area (TPSA) is 49.4 Å². The first-order chi connectivity index (χ1) is 10.4. The number of rotatable bonds is 6. The summed E-state index contributed by atoms with van der Waals surface area (Å²) in [7, 11) is 0.265. The van der Waals surface area contributed by atoms with Gasteiger partial charge in [-0.2, -0.15) is 0 Å².